The summed E-state index contributed by atoms with van der Waals surface area (Å²) in [6.07, 6.45) is 6.30. The van der Waals surface area contributed by atoms with Crippen molar-refractivity contribution >= 4 is 39.3 Å². The molecule has 1 fully saturated rings. The molecule has 8 nitrogen and oxygen atoms in total. The van der Waals surface area contributed by atoms with Crippen molar-refractivity contribution in [3.8, 4) is 5.75 Å². The average Bonchev–Trinajstić information content (AvgIpc) is 3.53. The summed E-state index contributed by atoms with van der Waals surface area (Å²) in [5.74, 6) is -0.0680. The van der Waals surface area contributed by atoms with E-state index in [-0.39, 0.29) is 23.4 Å². The molecule has 0 aromatic heterocycles. The molecule has 4 rings (SSSR count). The zero-order valence-electron chi connectivity index (χ0n) is 26.0. The highest BCUT2D eigenvalue weighted by Gasteiger charge is 2.34. The Hall–Kier alpha value is -3.50. The number of sulfonamides is 1. The van der Waals surface area contributed by atoms with Gasteiger partial charge in [-0.2, -0.15) is 0 Å². The molecule has 44 heavy (non-hydrogen) atoms. The first-order chi connectivity index (χ1) is 21.2. The van der Waals surface area contributed by atoms with Gasteiger partial charge in [0.1, 0.15) is 18.3 Å². The van der Waals surface area contributed by atoms with Gasteiger partial charge in [0.05, 0.1) is 17.2 Å². The Balaban J connectivity index is 1.72. The van der Waals surface area contributed by atoms with Gasteiger partial charge in [0.15, 0.2) is 0 Å². The van der Waals surface area contributed by atoms with Crippen molar-refractivity contribution in [2.45, 2.75) is 81.3 Å². The number of nitrogens with one attached hydrogen (secondary N) is 1. The third kappa shape index (κ3) is 8.35. The van der Waals surface area contributed by atoms with Crippen LogP contribution in [0, 0.1) is 6.92 Å². The third-order valence-electron chi connectivity index (χ3n) is 7.88. The second kappa shape index (κ2) is 15.5. The minimum atomic E-state index is -4.15. The van der Waals surface area contributed by atoms with E-state index >= 15 is 0 Å². The second-order valence-corrected chi connectivity index (χ2v) is 13.8. The summed E-state index contributed by atoms with van der Waals surface area (Å²) in [6.45, 7) is 5.90. The molecule has 0 saturated heterocycles. The number of carbonyl (C=O) groups is 2. The first-order valence-electron chi connectivity index (χ1n) is 15.2. The zero-order chi connectivity index (χ0) is 31.7. The number of hydrogen-bond acceptors (Lipinski definition) is 6. The lowest BCUT2D eigenvalue weighted by Gasteiger charge is -2.34. The van der Waals surface area contributed by atoms with Crippen molar-refractivity contribution < 1.29 is 22.7 Å². The predicted molar refractivity (Wildman–Crippen MR) is 177 cm³/mol. The zero-order valence-corrected chi connectivity index (χ0v) is 27.6. The Morgan fingerprint density at radius 3 is 2.27 bits per heavy atom. The van der Waals surface area contributed by atoms with Crippen LogP contribution in [0.2, 0.25) is 0 Å². The van der Waals surface area contributed by atoms with Crippen LogP contribution in [0.5, 0.6) is 5.75 Å². The topological polar surface area (TPSA) is 96.0 Å². The summed E-state index contributed by atoms with van der Waals surface area (Å²) in [5, 5.41) is 3.15. The summed E-state index contributed by atoms with van der Waals surface area (Å²) in [7, 11) is -4.15. The molecule has 1 N–H and O–H groups in total. The van der Waals surface area contributed by atoms with Gasteiger partial charge >= 0.3 is 0 Å². The van der Waals surface area contributed by atoms with Gasteiger partial charge in [-0.25, -0.2) is 8.42 Å². The van der Waals surface area contributed by atoms with Crippen molar-refractivity contribution in [1.29, 1.82) is 0 Å². The molecule has 0 bridgehead atoms. The molecule has 0 unspecified atom stereocenters. The van der Waals surface area contributed by atoms with Gasteiger partial charge in [-0.1, -0.05) is 49.6 Å². The van der Waals surface area contributed by atoms with Crippen molar-refractivity contribution in [2.24, 2.45) is 0 Å². The van der Waals surface area contributed by atoms with Crippen LogP contribution in [-0.4, -0.2) is 56.6 Å². The maximum absolute atomic E-state index is 14.3. The van der Waals surface area contributed by atoms with E-state index in [9.17, 15) is 18.0 Å². The molecular formula is C34H43N3O5S2. The van der Waals surface area contributed by atoms with Crippen LogP contribution in [0.15, 0.2) is 82.6 Å². The van der Waals surface area contributed by atoms with E-state index in [0.717, 1.165) is 46.0 Å². The van der Waals surface area contributed by atoms with E-state index in [1.165, 1.54) is 16.7 Å². The third-order valence-corrected chi connectivity index (χ3v) is 10.4. The van der Waals surface area contributed by atoms with Gasteiger partial charge in [-0.05, 0) is 93.5 Å². The van der Waals surface area contributed by atoms with Gasteiger partial charge in [0.25, 0.3) is 10.0 Å². The van der Waals surface area contributed by atoms with Crippen LogP contribution >= 0.6 is 11.8 Å². The first kappa shape index (κ1) is 33.4. The van der Waals surface area contributed by atoms with Crippen molar-refractivity contribution in [3.63, 3.8) is 0 Å². The second-order valence-electron chi connectivity index (χ2n) is 11.0. The normalized spacial score (nSPS) is 14.2. The lowest BCUT2D eigenvalue weighted by Crippen LogP contribution is -2.53. The summed E-state index contributed by atoms with van der Waals surface area (Å²) in [5.41, 5.74) is 2.23. The lowest BCUT2D eigenvalue weighted by atomic mass is 10.1. The van der Waals surface area contributed by atoms with Crippen LogP contribution in [0.3, 0.4) is 0 Å². The van der Waals surface area contributed by atoms with Gasteiger partial charge in [0.2, 0.25) is 11.8 Å². The van der Waals surface area contributed by atoms with E-state index in [4.69, 9.17) is 4.74 Å². The number of ether oxygens (including phenoxy) is 1. The standard InChI is InChI=1S/C34H43N3O5S2/c1-5-32(34(39)35-27-12-7-8-13-27)36(23-26-11-9-10-25(3)22-26)33(38)24-37(28-14-16-29(17-15-28)42-6-2)44(40,41)31-20-18-30(43-4)19-21-31/h9-11,14-22,27,32H,5-8,12-13,23-24H2,1-4H3,(H,35,39)/t32-/m1/s1. The summed E-state index contributed by atoms with van der Waals surface area (Å²) in [6, 6.07) is 20.4. The first-order valence-corrected chi connectivity index (χ1v) is 17.9. The van der Waals surface area contributed by atoms with Crippen LogP contribution in [0.4, 0.5) is 5.69 Å². The van der Waals surface area contributed by atoms with E-state index in [0.29, 0.717) is 24.5 Å². The lowest BCUT2D eigenvalue weighted by molar-refractivity contribution is -0.140. The molecule has 0 aliphatic heterocycles. The molecular weight excluding hydrogens is 595 g/mol. The van der Waals surface area contributed by atoms with Gasteiger partial charge in [0, 0.05) is 17.5 Å². The Morgan fingerprint density at radius 2 is 1.68 bits per heavy atom. The molecule has 2 amide bonds. The van der Waals surface area contributed by atoms with E-state index in [1.807, 2.05) is 51.3 Å². The Morgan fingerprint density at radius 1 is 1.00 bits per heavy atom. The fraction of sp³-hybridized carbons (Fsp3) is 0.412. The molecule has 3 aromatic rings. The molecule has 0 spiro atoms. The maximum Gasteiger partial charge on any atom is 0.264 e. The number of anilines is 1. The number of hydrogen-bond donors (Lipinski definition) is 1. The van der Waals surface area contributed by atoms with Gasteiger partial charge in [-0.15, -0.1) is 11.8 Å². The van der Waals surface area contributed by atoms with E-state index in [2.05, 4.69) is 5.32 Å². The van der Waals surface area contributed by atoms with E-state index in [1.54, 1.807) is 48.5 Å². The maximum atomic E-state index is 14.3. The highest BCUT2D eigenvalue weighted by atomic mass is 32.2. The number of amides is 2. The van der Waals surface area contributed by atoms with Crippen LogP contribution in [-0.2, 0) is 26.2 Å². The Labute approximate surface area is 266 Å². The molecule has 3 aromatic carbocycles. The van der Waals surface area contributed by atoms with Crippen molar-refractivity contribution in [3.05, 3.63) is 83.9 Å². The van der Waals surface area contributed by atoms with Crippen molar-refractivity contribution in [2.75, 3.05) is 23.7 Å². The Kier molecular flexibility index (Phi) is 11.7. The number of aryl methyl sites for hydroxylation is 1. The highest BCUT2D eigenvalue weighted by Crippen LogP contribution is 2.28. The molecule has 1 saturated carbocycles. The Bertz CT molecular complexity index is 1500. The summed E-state index contributed by atoms with van der Waals surface area (Å²) in [4.78, 5) is 30.5. The molecule has 0 radical (unpaired) electrons. The number of carbonyl (C=O) groups excluding carboxylic acids is 2. The van der Waals surface area contributed by atoms with Crippen LogP contribution in [0.1, 0.15) is 57.1 Å². The number of nitrogens with zero attached hydrogens (tertiary/aromatic N) is 2. The summed E-state index contributed by atoms with van der Waals surface area (Å²) < 4.78 is 35.0. The molecule has 1 atom stereocenters. The smallest absolute Gasteiger partial charge is 0.264 e. The molecule has 1 aliphatic carbocycles. The largest absolute Gasteiger partial charge is 0.494 e. The molecule has 1 aliphatic rings. The highest BCUT2D eigenvalue weighted by molar-refractivity contribution is 7.98. The predicted octanol–water partition coefficient (Wildman–Crippen LogP) is 6.18. The fourth-order valence-corrected chi connectivity index (χ4v) is 7.40. The van der Waals surface area contributed by atoms with Crippen LogP contribution in [0.25, 0.3) is 0 Å². The molecule has 236 valence electrons. The van der Waals surface area contributed by atoms with Gasteiger partial charge < -0.3 is 15.0 Å². The van der Waals surface area contributed by atoms with Crippen LogP contribution < -0.4 is 14.4 Å². The van der Waals surface area contributed by atoms with Crippen molar-refractivity contribution in [1.82, 2.24) is 10.2 Å². The minimum absolute atomic E-state index is 0.0771. The minimum Gasteiger partial charge on any atom is -0.494 e. The quantitative estimate of drug-likeness (QED) is 0.212. The number of thioether (sulfide) groups is 1. The van der Waals surface area contributed by atoms with E-state index < -0.39 is 28.5 Å². The SMILES string of the molecule is CCOc1ccc(N(CC(=O)N(Cc2cccc(C)c2)[C@H](CC)C(=O)NC2CCCC2)S(=O)(=O)c2ccc(SC)cc2)cc1. The average molecular weight is 638 g/mol. The number of benzene rings is 3. The molecule has 0 heterocycles. The fourth-order valence-electron chi connectivity index (χ4n) is 5.57. The summed E-state index contributed by atoms with van der Waals surface area (Å²) >= 11 is 1.51. The monoisotopic (exact) mass is 637 g/mol. The molecule has 10 heteroatoms. The van der Waals surface area contributed by atoms with Gasteiger partial charge in [-0.3, -0.25) is 13.9 Å². The number of rotatable bonds is 14.